The maximum atomic E-state index is 11.7. The van der Waals surface area contributed by atoms with Crippen LogP contribution < -0.4 is 10.6 Å². The monoisotopic (exact) mass is 288 g/mol. The molecule has 0 aliphatic heterocycles. The molecule has 0 saturated heterocycles. The fourth-order valence-corrected chi connectivity index (χ4v) is 2.26. The lowest BCUT2D eigenvalue weighted by Gasteiger charge is -2.21. The predicted molar refractivity (Wildman–Crippen MR) is 84.0 cm³/mol. The van der Waals surface area contributed by atoms with Crippen LogP contribution in [0.25, 0.3) is 0 Å². The van der Waals surface area contributed by atoms with E-state index >= 15 is 0 Å². The maximum Gasteiger partial charge on any atom is 0.408 e. The summed E-state index contributed by atoms with van der Waals surface area (Å²) in [4.78, 5) is 11.7. The van der Waals surface area contributed by atoms with Crippen LogP contribution in [0, 0.1) is 0 Å². The number of nitrogens with one attached hydrogen (secondary N) is 2. The van der Waals surface area contributed by atoms with E-state index in [2.05, 4.69) is 28.8 Å². The summed E-state index contributed by atoms with van der Waals surface area (Å²) in [6, 6.07) is 10.6. The Morgan fingerprint density at radius 2 is 1.86 bits per heavy atom. The van der Waals surface area contributed by atoms with Crippen LogP contribution in [-0.2, 0) is 11.3 Å². The van der Waals surface area contributed by atoms with E-state index in [1.54, 1.807) is 0 Å². The number of hydrogen-bond donors (Lipinski definition) is 2. The van der Waals surface area contributed by atoms with Gasteiger partial charge in [0.25, 0.3) is 0 Å². The second-order valence-electron chi connectivity index (χ2n) is 6.35. The predicted octanol–water partition coefficient (Wildman–Crippen LogP) is 3.00. The number of benzene rings is 1. The van der Waals surface area contributed by atoms with Crippen LogP contribution >= 0.6 is 0 Å². The molecule has 1 aromatic rings. The van der Waals surface area contributed by atoms with Gasteiger partial charge in [0, 0.05) is 12.6 Å². The van der Waals surface area contributed by atoms with Crippen LogP contribution in [0.15, 0.2) is 42.5 Å². The molecule has 0 fully saturated rings. The normalized spacial score (nSPS) is 21.3. The van der Waals surface area contributed by atoms with Gasteiger partial charge in [0.1, 0.15) is 5.60 Å². The van der Waals surface area contributed by atoms with E-state index in [-0.39, 0.29) is 18.2 Å². The lowest BCUT2D eigenvalue weighted by Crippen LogP contribution is -2.39. The van der Waals surface area contributed by atoms with E-state index in [0.717, 1.165) is 13.0 Å². The first-order valence-corrected chi connectivity index (χ1v) is 7.37. The van der Waals surface area contributed by atoms with Gasteiger partial charge in [-0.25, -0.2) is 4.79 Å². The number of amides is 1. The number of hydrogen-bond acceptors (Lipinski definition) is 3. The summed E-state index contributed by atoms with van der Waals surface area (Å²) in [6.45, 7) is 6.42. The van der Waals surface area contributed by atoms with Gasteiger partial charge in [-0.15, -0.1) is 0 Å². The number of carbonyl (C=O) groups is 1. The van der Waals surface area contributed by atoms with Gasteiger partial charge in [-0.05, 0) is 32.8 Å². The van der Waals surface area contributed by atoms with Crippen molar-refractivity contribution in [2.45, 2.75) is 51.4 Å². The highest BCUT2D eigenvalue weighted by atomic mass is 16.6. The van der Waals surface area contributed by atoms with E-state index in [1.165, 1.54) is 5.56 Å². The molecule has 0 bridgehead atoms. The molecule has 0 saturated carbocycles. The molecule has 4 nitrogen and oxygen atoms in total. The van der Waals surface area contributed by atoms with Crippen LogP contribution in [0.2, 0.25) is 0 Å². The average Bonchev–Trinajstić information content (AvgIpc) is 2.83. The molecule has 0 aromatic heterocycles. The Hall–Kier alpha value is -1.81. The molecule has 2 N–H and O–H groups in total. The van der Waals surface area contributed by atoms with E-state index < -0.39 is 5.60 Å². The highest BCUT2D eigenvalue weighted by Crippen LogP contribution is 2.13. The van der Waals surface area contributed by atoms with Crippen LogP contribution in [0.3, 0.4) is 0 Å². The highest BCUT2D eigenvalue weighted by molar-refractivity contribution is 5.68. The molecule has 0 unspecified atom stereocenters. The minimum Gasteiger partial charge on any atom is -0.444 e. The van der Waals surface area contributed by atoms with Crippen LogP contribution in [0.1, 0.15) is 32.8 Å². The van der Waals surface area contributed by atoms with Crippen molar-refractivity contribution >= 4 is 6.09 Å². The van der Waals surface area contributed by atoms with Crippen LogP contribution in [0.4, 0.5) is 4.79 Å². The van der Waals surface area contributed by atoms with Crippen LogP contribution in [0.5, 0.6) is 0 Å². The third-order valence-corrected chi connectivity index (χ3v) is 3.20. The summed E-state index contributed by atoms with van der Waals surface area (Å²) >= 11 is 0. The summed E-state index contributed by atoms with van der Waals surface area (Å²) in [5, 5.41) is 6.35. The summed E-state index contributed by atoms with van der Waals surface area (Å²) in [7, 11) is 0. The lowest BCUT2D eigenvalue weighted by molar-refractivity contribution is 0.0513. The van der Waals surface area contributed by atoms with Gasteiger partial charge in [0.2, 0.25) is 0 Å². The SMILES string of the molecule is CC(C)(C)OC(=O)N[C@@H]1C=C[C@H](NCc2ccccc2)C1. The van der Waals surface area contributed by atoms with Crippen molar-refractivity contribution in [2.75, 3.05) is 0 Å². The zero-order valence-electron chi connectivity index (χ0n) is 12.9. The van der Waals surface area contributed by atoms with Gasteiger partial charge < -0.3 is 15.4 Å². The molecule has 1 aliphatic rings. The Bertz CT molecular complexity index is 491. The second kappa shape index (κ2) is 6.76. The molecular weight excluding hydrogens is 264 g/mol. The van der Waals surface area contributed by atoms with Crippen molar-refractivity contribution in [1.29, 1.82) is 0 Å². The third-order valence-electron chi connectivity index (χ3n) is 3.20. The molecule has 114 valence electrons. The van der Waals surface area contributed by atoms with E-state index in [4.69, 9.17) is 4.74 Å². The molecule has 0 radical (unpaired) electrons. The van der Waals surface area contributed by atoms with E-state index in [9.17, 15) is 4.79 Å². The molecule has 21 heavy (non-hydrogen) atoms. The summed E-state index contributed by atoms with van der Waals surface area (Å²) in [5.41, 5.74) is 0.798. The van der Waals surface area contributed by atoms with Gasteiger partial charge >= 0.3 is 6.09 Å². The highest BCUT2D eigenvalue weighted by Gasteiger charge is 2.23. The first-order valence-electron chi connectivity index (χ1n) is 7.37. The van der Waals surface area contributed by atoms with Gasteiger partial charge in [0.05, 0.1) is 6.04 Å². The van der Waals surface area contributed by atoms with Gasteiger partial charge in [0.15, 0.2) is 0 Å². The van der Waals surface area contributed by atoms with Gasteiger partial charge in [-0.2, -0.15) is 0 Å². The number of carbonyl (C=O) groups excluding carboxylic acids is 1. The number of rotatable bonds is 4. The summed E-state index contributed by atoms with van der Waals surface area (Å²) in [5.74, 6) is 0. The number of alkyl carbamates (subject to hydrolysis) is 1. The Balaban J connectivity index is 1.72. The van der Waals surface area contributed by atoms with Crippen molar-refractivity contribution in [1.82, 2.24) is 10.6 Å². The summed E-state index contributed by atoms with van der Waals surface area (Å²) < 4.78 is 5.26. The molecule has 1 aromatic carbocycles. The van der Waals surface area contributed by atoms with Gasteiger partial charge in [-0.1, -0.05) is 42.5 Å². The zero-order valence-corrected chi connectivity index (χ0v) is 12.9. The van der Waals surface area contributed by atoms with Gasteiger partial charge in [-0.3, -0.25) is 0 Å². The fraction of sp³-hybridized carbons (Fsp3) is 0.471. The van der Waals surface area contributed by atoms with Crippen molar-refractivity contribution in [3.63, 3.8) is 0 Å². The average molecular weight is 288 g/mol. The first-order chi connectivity index (χ1) is 9.92. The van der Waals surface area contributed by atoms with Crippen molar-refractivity contribution in [3.8, 4) is 0 Å². The molecule has 2 atom stereocenters. The Labute approximate surface area is 126 Å². The Kier molecular flexibility index (Phi) is 5.02. The molecular formula is C17H24N2O2. The summed E-state index contributed by atoms with van der Waals surface area (Å²) in [6.07, 6.45) is 4.62. The fourth-order valence-electron chi connectivity index (χ4n) is 2.26. The second-order valence-corrected chi connectivity index (χ2v) is 6.35. The molecule has 0 spiro atoms. The quantitative estimate of drug-likeness (QED) is 0.837. The standard InChI is InChI=1S/C17H24N2O2/c1-17(2,3)21-16(20)19-15-10-9-14(11-15)18-12-13-7-5-4-6-8-13/h4-10,14-15,18H,11-12H2,1-3H3,(H,19,20)/t14-,15+/m0/s1. The largest absolute Gasteiger partial charge is 0.444 e. The minimum absolute atomic E-state index is 0.0353. The smallest absolute Gasteiger partial charge is 0.408 e. The van der Waals surface area contributed by atoms with E-state index in [1.807, 2.05) is 45.0 Å². The maximum absolute atomic E-state index is 11.7. The molecule has 1 aliphatic carbocycles. The molecule has 1 amide bonds. The Morgan fingerprint density at radius 1 is 1.19 bits per heavy atom. The third kappa shape index (κ3) is 5.60. The zero-order chi connectivity index (χ0) is 15.3. The van der Waals surface area contributed by atoms with Crippen molar-refractivity contribution < 1.29 is 9.53 Å². The topological polar surface area (TPSA) is 50.4 Å². The van der Waals surface area contributed by atoms with Crippen molar-refractivity contribution in [3.05, 3.63) is 48.0 Å². The molecule has 2 rings (SSSR count). The van der Waals surface area contributed by atoms with E-state index in [0.29, 0.717) is 0 Å². The number of ether oxygens (including phenoxy) is 1. The van der Waals surface area contributed by atoms with Crippen LogP contribution in [-0.4, -0.2) is 23.8 Å². The first kappa shape index (κ1) is 15.6. The molecule has 0 heterocycles. The van der Waals surface area contributed by atoms with Crippen molar-refractivity contribution in [2.24, 2.45) is 0 Å². The minimum atomic E-state index is -0.461. The molecule has 4 heteroatoms. The lowest BCUT2D eigenvalue weighted by atomic mass is 10.2. The Morgan fingerprint density at radius 3 is 2.52 bits per heavy atom.